The molecule has 0 bridgehead atoms. The molecular weight excluding hydrogens is 580 g/mol. The van der Waals surface area contributed by atoms with Gasteiger partial charge in [-0.2, -0.15) is 26.3 Å². The van der Waals surface area contributed by atoms with Crippen molar-refractivity contribution in [2.75, 3.05) is 13.2 Å². The summed E-state index contributed by atoms with van der Waals surface area (Å²) in [5, 5.41) is 0. The smallest absolute Gasteiger partial charge is 0.451 e. The summed E-state index contributed by atoms with van der Waals surface area (Å²) in [5.41, 5.74) is 0.749. The Morgan fingerprint density at radius 1 is 0.857 bits per heavy atom. The topological polar surface area (TPSA) is 46.2 Å². The number of alkyl halides is 4. The average Bonchev–Trinajstić information content (AvgIpc) is 2.93. The molecule has 4 rings (SSSR count). The molecule has 0 unspecified atom stereocenters. The fourth-order valence-electron chi connectivity index (χ4n) is 5.14. The van der Waals surface area contributed by atoms with Crippen LogP contribution >= 0.6 is 0 Å². The largest absolute Gasteiger partial charge is 0.453 e. The van der Waals surface area contributed by atoms with Gasteiger partial charge in [0, 0.05) is 18.1 Å². The molecule has 1 heterocycles. The molecule has 1 aliphatic heterocycles. The van der Waals surface area contributed by atoms with Crippen LogP contribution in [0.3, 0.4) is 0 Å². The maximum atomic E-state index is 14.9. The fourth-order valence-corrected chi connectivity index (χ4v) is 5.14. The molecule has 2 fully saturated rings. The van der Waals surface area contributed by atoms with Gasteiger partial charge in [-0.25, -0.2) is 8.78 Å². The molecule has 0 spiro atoms. The van der Waals surface area contributed by atoms with Crippen LogP contribution in [0.25, 0.3) is 0 Å². The van der Waals surface area contributed by atoms with Crippen LogP contribution in [-0.4, -0.2) is 31.7 Å². The summed E-state index contributed by atoms with van der Waals surface area (Å²) in [6, 6.07) is 6.75. The summed E-state index contributed by atoms with van der Waals surface area (Å²) in [7, 11) is 0. The standard InChI is InChI=1S/C29H30F8O5/c1-2-3-17-14-39-27(40-15-17)29(36,37)41-21-10-6-19(7-11-21)18-4-8-20(9-5-18)28(34,35)42-22-12-23(30)26(24(31)13-22)38-16-25(32)33/h6-7,10-13,16-18,20,27H,2-5,8-9,14-15H2,1H3. The number of benzene rings is 2. The molecule has 0 aromatic heterocycles. The number of ether oxygens (including phenoxy) is 5. The zero-order valence-corrected chi connectivity index (χ0v) is 22.6. The lowest BCUT2D eigenvalue weighted by atomic mass is 9.78. The van der Waals surface area contributed by atoms with Crippen LogP contribution in [0.4, 0.5) is 35.1 Å². The van der Waals surface area contributed by atoms with Gasteiger partial charge in [0.2, 0.25) is 0 Å². The van der Waals surface area contributed by atoms with Gasteiger partial charge in [-0.1, -0.05) is 25.5 Å². The zero-order chi connectivity index (χ0) is 30.5. The second kappa shape index (κ2) is 13.5. The van der Waals surface area contributed by atoms with Crippen molar-refractivity contribution in [3.8, 4) is 17.2 Å². The van der Waals surface area contributed by atoms with Crippen LogP contribution in [0.5, 0.6) is 17.2 Å². The van der Waals surface area contributed by atoms with Crippen molar-refractivity contribution < 1.29 is 58.8 Å². The molecule has 13 heteroatoms. The number of halogens is 8. The third-order valence-corrected chi connectivity index (χ3v) is 7.24. The number of hydrogen-bond acceptors (Lipinski definition) is 5. The maximum Gasteiger partial charge on any atom is 0.451 e. The quantitative estimate of drug-likeness (QED) is 0.188. The summed E-state index contributed by atoms with van der Waals surface area (Å²) >= 11 is 0. The highest BCUT2D eigenvalue weighted by molar-refractivity contribution is 5.35. The Kier molecular flexibility index (Phi) is 10.2. The Balaban J connectivity index is 1.30. The SMILES string of the molecule is CCCC1COC(C(F)(F)Oc2ccc(C3CCC(C(F)(F)Oc4cc(F)c(OC=C(F)F)c(F)c4)CC3)cc2)OC1. The van der Waals surface area contributed by atoms with Crippen LogP contribution in [0, 0.1) is 23.5 Å². The van der Waals surface area contributed by atoms with Crippen molar-refractivity contribution in [2.24, 2.45) is 11.8 Å². The van der Waals surface area contributed by atoms with Crippen molar-refractivity contribution in [1.82, 2.24) is 0 Å². The second-order valence-corrected chi connectivity index (χ2v) is 10.3. The van der Waals surface area contributed by atoms with Gasteiger partial charge < -0.3 is 23.7 Å². The first-order chi connectivity index (χ1) is 19.9. The summed E-state index contributed by atoms with van der Waals surface area (Å²) in [6.45, 7) is 2.29. The summed E-state index contributed by atoms with van der Waals surface area (Å²) < 4.78 is 135. The molecule has 2 aromatic rings. The molecule has 1 aliphatic carbocycles. The molecular formula is C29H30F8O5. The average molecular weight is 611 g/mol. The van der Waals surface area contributed by atoms with E-state index in [2.05, 4.69) is 9.47 Å². The van der Waals surface area contributed by atoms with E-state index >= 15 is 0 Å². The van der Waals surface area contributed by atoms with Crippen LogP contribution in [-0.2, 0) is 9.47 Å². The highest BCUT2D eigenvalue weighted by Crippen LogP contribution is 2.44. The Bertz CT molecular complexity index is 1180. The molecule has 232 valence electrons. The van der Waals surface area contributed by atoms with Gasteiger partial charge in [-0.05, 0) is 55.7 Å². The van der Waals surface area contributed by atoms with E-state index in [0.29, 0.717) is 25.0 Å². The third-order valence-electron chi connectivity index (χ3n) is 7.24. The molecule has 2 aliphatic rings. The summed E-state index contributed by atoms with van der Waals surface area (Å²) in [6.07, 6.45) is -9.50. The first kappa shape index (κ1) is 31.9. The van der Waals surface area contributed by atoms with E-state index in [1.807, 2.05) is 6.92 Å². The first-order valence-corrected chi connectivity index (χ1v) is 13.5. The minimum atomic E-state index is -3.78. The van der Waals surface area contributed by atoms with Crippen molar-refractivity contribution in [1.29, 1.82) is 0 Å². The predicted molar refractivity (Wildman–Crippen MR) is 134 cm³/mol. The van der Waals surface area contributed by atoms with Crippen molar-refractivity contribution in [3.63, 3.8) is 0 Å². The van der Waals surface area contributed by atoms with Crippen molar-refractivity contribution in [2.45, 2.75) is 69.9 Å². The number of rotatable bonds is 11. The van der Waals surface area contributed by atoms with Crippen molar-refractivity contribution in [3.05, 3.63) is 65.9 Å². The molecule has 2 aromatic carbocycles. The second-order valence-electron chi connectivity index (χ2n) is 10.3. The summed E-state index contributed by atoms with van der Waals surface area (Å²) in [4.78, 5) is 0. The van der Waals surface area contributed by atoms with Crippen molar-refractivity contribution >= 4 is 0 Å². The van der Waals surface area contributed by atoms with Gasteiger partial charge in [0.15, 0.2) is 23.6 Å². The fraction of sp³-hybridized carbons (Fsp3) is 0.517. The third kappa shape index (κ3) is 8.06. The van der Waals surface area contributed by atoms with Gasteiger partial charge >= 0.3 is 18.3 Å². The summed E-state index contributed by atoms with van der Waals surface area (Å²) in [5.74, 6) is -6.46. The highest BCUT2D eigenvalue weighted by atomic mass is 19.3. The molecule has 1 saturated carbocycles. The van der Waals surface area contributed by atoms with Gasteiger partial charge in [0.25, 0.3) is 6.29 Å². The van der Waals surface area contributed by atoms with E-state index in [0.717, 1.165) is 18.4 Å². The minimum absolute atomic E-state index is 0.0100. The monoisotopic (exact) mass is 610 g/mol. The van der Waals surface area contributed by atoms with Gasteiger partial charge in [-0.15, -0.1) is 0 Å². The molecule has 1 saturated heterocycles. The van der Waals surface area contributed by atoms with E-state index in [4.69, 9.17) is 14.2 Å². The van der Waals surface area contributed by atoms with Crippen LogP contribution in [0.15, 0.2) is 48.7 Å². The highest BCUT2D eigenvalue weighted by Gasteiger charge is 2.47. The molecule has 0 N–H and O–H groups in total. The maximum absolute atomic E-state index is 14.9. The van der Waals surface area contributed by atoms with Gasteiger partial charge in [0.1, 0.15) is 11.5 Å². The Hall–Kier alpha value is -3.06. The van der Waals surface area contributed by atoms with Crippen LogP contribution in [0.2, 0.25) is 0 Å². The molecule has 0 radical (unpaired) electrons. The normalized spacial score (nSPS) is 23.3. The molecule has 5 nitrogen and oxygen atoms in total. The molecule has 0 atom stereocenters. The van der Waals surface area contributed by atoms with E-state index in [-0.39, 0.29) is 49.9 Å². The Morgan fingerprint density at radius 2 is 1.43 bits per heavy atom. The first-order valence-electron chi connectivity index (χ1n) is 13.5. The zero-order valence-electron chi connectivity index (χ0n) is 22.6. The number of hydrogen-bond donors (Lipinski definition) is 0. The minimum Gasteiger partial charge on any atom is -0.453 e. The van der Waals surface area contributed by atoms with Gasteiger partial charge in [-0.3, -0.25) is 0 Å². The van der Waals surface area contributed by atoms with E-state index in [1.54, 1.807) is 12.1 Å². The Labute approximate surface area is 237 Å². The Morgan fingerprint density at radius 3 is 1.98 bits per heavy atom. The molecule has 42 heavy (non-hydrogen) atoms. The van der Waals surface area contributed by atoms with E-state index < -0.39 is 53.6 Å². The predicted octanol–water partition coefficient (Wildman–Crippen LogP) is 8.79. The van der Waals surface area contributed by atoms with Crippen LogP contribution < -0.4 is 14.2 Å². The lowest BCUT2D eigenvalue weighted by Crippen LogP contribution is -2.47. The van der Waals surface area contributed by atoms with Crippen LogP contribution in [0.1, 0.15) is 56.9 Å². The van der Waals surface area contributed by atoms with Gasteiger partial charge in [0.05, 0.1) is 19.1 Å². The molecule has 0 amide bonds. The lowest BCUT2D eigenvalue weighted by molar-refractivity contribution is -0.352. The van der Waals surface area contributed by atoms with E-state index in [9.17, 15) is 35.1 Å². The lowest BCUT2D eigenvalue weighted by Gasteiger charge is -2.34. The van der Waals surface area contributed by atoms with E-state index in [1.165, 1.54) is 12.1 Å².